The largest absolute Gasteiger partial charge is 0.320 e. The maximum absolute atomic E-state index is 12.2. The van der Waals surface area contributed by atoms with E-state index in [1.165, 1.54) is 64.2 Å². The van der Waals surface area contributed by atoms with Gasteiger partial charge in [-0.25, -0.2) is 0 Å². The summed E-state index contributed by atoms with van der Waals surface area (Å²) in [6.45, 7) is 4.43. The molecular weight excluding hydrogens is 388 g/mol. The van der Waals surface area contributed by atoms with Gasteiger partial charge in [0, 0.05) is 12.5 Å². The van der Waals surface area contributed by atoms with E-state index in [9.17, 15) is 14.9 Å². The van der Waals surface area contributed by atoms with Crippen LogP contribution in [-0.4, -0.2) is 10.8 Å². The van der Waals surface area contributed by atoms with Crippen LogP contribution >= 0.6 is 0 Å². The molecule has 1 amide bonds. The maximum atomic E-state index is 12.2. The quantitative estimate of drug-likeness (QED) is 0.136. The lowest BCUT2D eigenvalue weighted by atomic mass is 10.0. The molecule has 0 aliphatic rings. The van der Waals surface area contributed by atoms with Crippen LogP contribution in [0.4, 0.5) is 11.4 Å². The summed E-state index contributed by atoms with van der Waals surface area (Å²) in [5.74, 6) is -0.130. The molecule has 0 radical (unpaired) electrons. The first-order valence-corrected chi connectivity index (χ1v) is 12.7. The van der Waals surface area contributed by atoms with Crippen LogP contribution in [0.3, 0.4) is 0 Å². The Hall–Kier alpha value is -1.91. The number of hydrogen-bond acceptors (Lipinski definition) is 3. The number of nitrogens with one attached hydrogen (secondary N) is 1. The molecule has 31 heavy (non-hydrogen) atoms. The predicted molar refractivity (Wildman–Crippen MR) is 131 cm³/mol. The molecule has 0 saturated carbocycles. The molecular formula is C26H44N2O3. The van der Waals surface area contributed by atoms with Crippen LogP contribution in [0.5, 0.6) is 0 Å². The van der Waals surface area contributed by atoms with E-state index in [0.717, 1.165) is 44.1 Å². The van der Waals surface area contributed by atoms with Gasteiger partial charge in [0.1, 0.15) is 5.69 Å². The molecule has 1 N–H and O–H groups in total. The van der Waals surface area contributed by atoms with Gasteiger partial charge in [-0.1, -0.05) is 103 Å². The maximum Gasteiger partial charge on any atom is 0.293 e. The highest BCUT2D eigenvalue weighted by atomic mass is 16.6. The summed E-state index contributed by atoms with van der Waals surface area (Å²) in [5, 5.41) is 14.2. The summed E-state index contributed by atoms with van der Waals surface area (Å²) < 4.78 is 0. The molecule has 0 aliphatic carbocycles. The van der Waals surface area contributed by atoms with Gasteiger partial charge in [0.05, 0.1) is 4.92 Å². The molecule has 1 aromatic rings. The van der Waals surface area contributed by atoms with Crippen LogP contribution < -0.4 is 5.32 Å². The Morgan fingerprint density at radius 1 is 0.806 bits per heavy atom. The molecule has 5 nitrogen and oxygen atoms in total. The lowest BCUT2D eigenvalue weighted by Gasteiger charge is -2.08. The average Bonchev–Trinajstić information content (AvgIpc) is 2.75. The molecule has 1 rings (SSSR count). The van der Waals surface area contributed by atoms with Gasteiger partial charge in [0.15, 0.2) is 0 Å². The number of amides is 1. The van der Waals surface area contributed by atoms with Gasteiger partial charge in [0.25, 0.3) is 5.69 Å². The fourth-order valence-electron chi connectivity index (χ4n) is 3.91. The van der Waals surface area contributed by atoms with E-state index in [-0.39, 0.29) is 16.5 Å². The highest BCUT2D eigenvalue weighted by Gasteiger charge is 2.16. The second-order valence-electron chi connectivity index (χ2n) is 8.75. The smallest absolute Gasteiger partial charge is 0.293 e. The zero-order chi connectivity index (χ0) is 22.7. The van der Waals surface area contributed by atoms with Crippen molar-refractivity contribution in [1.82, 2.24) is 0 Å². The molecule has 0 fully saturated rings. The third kappa shape index (κ3) is 13.2. The number of rotatable bonds is 19. The van der Waals surface area contributed by atoms with E-state index >= 15 is 0 Å². The fraction of sp³-hybridized carbons (Fsp3) is 0.731. The number of carbonyl (C=O) groups excluding carboxylic acids is 1. The fourth-order valence-corrected chi connectivity index (χ4v) is 3.91. The van der Waals surface area contributed by atoms with E-state index < -0.39 is 0 Å². The summed E-state index contributed by atoms with van der Waals surface area (Å²) in [6.07, 6.45) is 19.3. The van der Waals surface area contributed by atoms with Crippen LogP contribution in [0.15, 0.2) is 18.2 Å². The monoisotopic (exact) mass is 432 g/mol. The molecule has 0 unspecified atom stereocenters. The Morgan fingerprint density at radius 3 is 1.87 bits per heavy atom. The van der Waals surface area contributed by atoms with E-state index in [4.69, 9.17) is 0 Å². The highest BCUT2D eigenvalue weighted by molar-refractivity contribution is 5.93. The van der Waals surface area contributed by atoms with Gasteiger partial charge >= 0.3 is 0 Å². The number of nitro benzene ring substituents is 1. The summed E-state index contributed by atoms with van der Waals surface area (Å²) in [7, 11) is 0. The van der Waals surface area contributed by atoms with Crippen molar-refractivity contribution in [2.75, 3.05) is 5.32 Å². The van der Waals surface area contributed by atoms with Gasteiger partial charge in [-0.15, -0.1) is 0 Å². The van der Waals surface area contributed by atoms with Crippen molar-refractivity contribution in [2.45, 2.75) is 123 Å². The van der Waals surface area contributed by atoms with Crippen molar-refractivity contribution in [2.24, 2.45) is 0 Å². The molecule has 0 bridgehead atoms. The third-order valence-electron chi connectivity index (χ3n) is 5.86. The number of carbonyl (C=O) groups is 1. The van der Waals surface area contributed by atoms with Crippen LogP contribution in [-0.2, 0) is 11.2 Å². The second kappa shape index (κ2) is 17.7. The number of nitro groups is 1. The molecule has 0 aromatic heterocycles. The van der Waals surface area contributed by atoms with Gasteiger partial charge in [-0.2, -0.15) is 0 Å². The molecule has 176 valence electrons. The summed E-state index contributed by atoms with van der Waals surface area (Å²) in [6, 6.07) is 5.23. The first-order valence-electron chi connectivity index (χ1n) is 12.7. The van der Waals surface area contributed by atoms with Crippen molar-refractivity contribution in [3.63, 3.8) is 0 Å². The average molecular weight is 433 g/mol. The number of hydrogen-bond donors (Lipinski definition) is 1. The minimum absolute atomic E-state index is 0.00362. The van der Waals surface area contributed by atoms with Crippen LogP contribution in [0.25, 0.3) is 0 Å². The van der Waals surface area contributed by atoms with E-state index in [2.05, 4.69) is 19.2 Å². The van der Waals surface area contributed by atoms with E-state index in [1.54, 1.807) is 12.1 Å². The second-order valence-corrected chi connectivity index (χ2v) is 8.75. The molecule has 0 aliphatic heterocycles. The minimum Gasteiger partial charge on any atom is -0.320 e. The molecule has 0 atom stereocenters. The normalized spacial score (nSPS) is 10.9. The topological polar surface area (TPSA) is 72.2 Å². The third-order valence-corrected chi connectivity index (χ3v) is 5.86. The predicted octanol–water partition coefficient (Wildman–Crippen LogP) is 8.36. The Balaban J connectivity index is 2.33. The van der Waals surface area contributed by atoms with Crippen LogP contribution in [0.1, 0.15) is 122 Å². The Labute approximate surface area is 189 Å². The van der Waals surface area contributed by atoms with Crippen molar-refractivity contribution >= 4 is 17.3 Å². The number of anilines is 1. The molecule has 1 aromatic carbocycles. The van der Waals surface area contributed by atoms with E-state index in [0.29, 0.717) is 12.1 Å². The number of aryl methyl sites for hydroxylation is 1. The zero-order valence-electron chi connectivity index (χ0n) is 19.9. The summed E-state index contributed by atoms with van der Waals surface area (Å²) in [5.41, 5.74) is 1.29. The van der Waals surface area contributed by atoms with Crippen molar-refractivity contribution < 1.29 is 9.72 Å². The van der Waals surface area contributed by atoms with Gasteiger partial charge in [-0.05, 0) is 30.9 Å². The Morgan fingerprint density at radius 2 is 1.32 bits per heavy atom. The van der Waals surface area contributed by atoms with Crippen molar-refractivity contribution in [3.8, 4) is 0 Å². The lowest BCUT2D eigenvalue weighted by molar-refractivity contribution is -0.384. The number of benzene rings is 1. The van der Waals surface area contributed by atoms with Crippen LogP contribution in [0, 0.1) is 10.1 Å². The molecule has 0 spiro atoms. The van der Waals surface area contributed by atoms with E-state index in [1.807, 2.05) is 6.07 Å². The number of nitrogens with zero attached hydrogens (tertiary/aromatic N) is 1. The van der Waals surface area contributed by atoms with Gasteiger partial charge < -0.3 is 5.32 Å². The minimum atomic E-state index is -0.390. The first kappa shape index (κ1) is 27.1. The van der Waals surface area contributed by atoms with Crippen LogP contribution in [0.2, 0.25) is 0 Å². The Bertz CT molecular complexity index is 631. The summed E-state index contributed by atoms with van der Waals surface area (Å²) >= 11 is 0. The molecule has 5 heteroatoms. The van der Waals surface area contributed by atoms with Gasteiger partial charge in [0.2, 0.25) is 5.91 Å². The summed E-state index contributed by atoms with van der Waals surface area (Å²) in [4.78, 5) is 23.3. The molecule has 0 saturated heterocycles. The van der Waals surface area contributed by atoms with Crippen molar-refractivity contribution in [1.29, 1.82) is 0 Å². The Kier molecular flexibility index (Phi) is 15.5. The number of unbranched alkanes of at least 4 members (excludes halogenated alkanes) is 13. The first-order chi connectivity index (χ1) is 15.1. The highest BCUT2D eigenvalue weighted by Crippen LogP contribution is 2.27. The molecule has 0 heterocycles. The zero-order valence-corrected chi connectivity index (χ0v) is 19.9. The standard InChI is InChI=1S/C26H44N2O3/c1-3-5-7-9-11-12-13-15-17-19-26(29)27-24-21-20-23(22-25(24)28(30)31)18-16-14-10-8-6-4-2/h20-22H,3-19H2,1-2H3,(H,27,29). The van der Waals surface area contributed by atoms with Gasteiger partial charge in [-0.3, -0.25) is 14.9 Å². The van der Waals surface area contributed by atoms with Crippen molar-refractivity contribution in [3.05, 3.63) is 33.9 Å². The lowest BCUT2D eigenvalue weighted by Crippen LogP contribution is -2.12. The SMILES string of the molecule is CCCCCCCCCCCC(=O)Nc1ccc(CCCCCCCC)cc1[N+](=O)[O-].